The lowest BCUT2D eigenvalue weighted by molar-refractivity contribution is -0.140. The van der Waals surface area contributed by atoms with Crippen LogP contribution in [0.25, 0.3) is 10.8 Å². The summed E-state index contributed by atoms with van der Waals surface area (Å²) in [6, 6.07) is 4.70. The van der Waals surface area contributed by atoms with E-state index in [1.807, 2.05) is 11.8 Å². The molecule has 4 rings (SSSR count). The average molecular weight is 385 g/mol. The maximum absolute atomic E-state index is 13.9. The molecule has 1 aromatic carbocycles. The SMILES string of the molecule is Cc1ccc(F)c2c(=O)[nH]c(CCC(=O)N3CCN(C(=O)C4CC4)CC3)cc12. The fraction of sp³-hybridized carbons (Fsp3) is 0.476. The van der Waals surface area contributed by atoms with Gasteiger partial charge in [0.2, 0.25) is 11.8 Å². The van der Waals surface area contributed by atoms with Crippen molar-refractivity contribution >= 4 is 22.6 Å². The van der Waals surface area contributed by atoms with Crippen LogP contribution in [0.15, 0.2) is 23.0 Å². The van der Waals surface area contributed by atoms with Crippen LogP contribution in [0.4, 0.5) is 4.39 Å². The quantitative estimate of drug-likeness (QED) is 0.875. The number of carbonyl (C=O) groups is 2. The number of halogens is 1. The Morgan fingerprint density at radius 1 is 1.14 bits per heavy atom. The second-order valence-corrected chi connectivity index (χ2v) is 7.76. The fourth-order valence-electron chi connectivity index (χ4n) is 3.83. The first-order chi connectivity index (χ1) is 13.4. The highest BCUT2D eigenvalue weighted by Gasteiger charge is 2.35. The Morgan fingerprint density at radius 2 is 1.82 bits per heavy atom. The molecule has 7 heteroatoms. The Hall–Kier alpha value is -2.70. The van der Waals surface area contributed by atoms with Crippen LogP contribution in [-0.2, 0) is 16.0 Å². The average Bonchev–Trinajstić information content (AvgIpc) is 3.53. The van der Waals surface area contributed by atoms with Crippen LogP contribution < -0.4 is 5.56 Å². The summed E-state index contributed by atoms with van der Waals surface area (Å²) in [5, 5.41) is 0.643. The molecule has 0 unspecified atom stereocenters. The highest BCUT2D eigenvalue weighted by atomic mass is 19.1. The van der Waals surface area contributed by atoms with Gasteiger partial charge >= 0.3 is 0 Å². The number of aryl methyl sites for hydroxylation is 2. The van der Waals surface area contributed by atoms with Crippen LogP contribution in [-0.4, -0.2) is 52.8 Å². The molecule has 2 aliphatic rings. The number of rotatable bonds is 4. The number of piperazine rings is 1. The molecule has 148 valence electrons. The molecular weight excluding hydrogens is 361 g/mol. The van der Waals surface area contributed by atoms with Gasteiger partial charge in [0, 0.05) is 44.2 Å². The summed E-state index contributed by atoms with van der Waals surface area (Å²) >= 11 is 0. The highest BCUT2D eigenvalue weighted by molar-refractivity contribution is 5.86. The second kappa shape index (κ2) is 7.37. The van der Waals surface area contributed by atoms with E-state index in [9.17, 15) is 18.8 Å². The van der Waals surface area contributed by atoms with Crippen molar-refractivity contribution in [2.45, 2.75) is 32.6 Å². The molecule has 6 nitrogen and oxygen atoms in total. The van der Waals surface area contributed by atoms with Crippen molar-refractivity contribution in [2.75, 3.05) is 26.2 Å². The Balaban J connectivity index is 1.38. The minimum absolute atomic E-state index is 0.00966. The minimum Gasteiger partial charge on any atom is -0.339 e. The van der Waals surface area contributed by atoms with E-state index in [0.717, 1.165) is 18.4 Å². The van der Waals surface area contributed by atoms with E-state index in [2.05, 4.69) is 4.98 Å². The minimum atomic E-state index is -0.539. The molecule has 0 spiro atoms. The van der Waals surface area contributed by atoms with Gasteiger partial charge in [-0.05, 0) is 49.3 Å². The Kier molecular flexibility index (Phi) is 4.91. The van der Waals surface area contributed by atoms with Crippen LogP contribution in [0.3, 0.4) is 0 Å². The van der Waals surface area contributed by atoms with Gasteiger partial charge in [0.1, 0.15) is 5.82 Å². The molecule has 28 heavy (non-hydrogen) atoms. The number of nitrogens with one attached hydrogen (secondary N) is 1. The third kappa shape index (κ3) is 3.66. The van der Waals surface area contributed by atoms with Crippen molar-refractivity contribution in [3.8, 4) is 0 Å². The van der Waals surface area contributed by atoms with E-state index in [1.54, 1.807) is 17.0 Å². The zero-order valence-electron chi connectivity index (χ0n) is 16.0. The maximum atomic E-state index is 13.9. The first kappa shape index (κ1) is 18.7. The number of hydrogen-bond donors (Lipinski definition) is 1. The second-order valence-electron chi connectivity index (χ2n) is 7.76. The Labute approximate surface area is 162 Å². The smallest absolute Gasteiger partial charge is 0.259 e. The van der Waals surface area contributed by atoms with E-state index >= 15 is 0 Å². The van der Waals surface area contributed by atoms with Crippen molar-refractivity contribution in [1.29, 1.82) is 0 Å². The highest BCUT2D eigenvalue weighted by Crippen LogP contribution is 2.31. The Bertz CT molecular complexity index is 988. The number of H-pyrrole nitrogens is 1. The summed E-state index contributed by atoms with van der Waals surface area (Å²) in [6.45, 7) is 4.11. The first-order valence-corrected chi connectivity index (χ1v) is 9.81. The number of benzene rings is 1. The molecular formula is C21H24FN3O3. The van der Waals surface area contributed by atoms with Gasteiger partial charge in [0.05, 0.1) is 5.39 Å². The monoisotopic (exact) mass is 385 g/mol. The lowest BCUT2D eigenvalue weighted by Crippen LogP contribution is -2.51. The van der Waals surface area contributed by atoms with Crippen LogP contribution in [0.1, 0.15) is 30.5 Å². The summed E-state index contributed by atoms with van der Waals surface area (Å²) < 4.78 is 13.9. The number of carbonyl (C=O) groups excluding carboxylic acids is 2. The van der Waals surface area contributed by atoms with Gasteiger partial charge in [-0.25, -0.2) is 4.39 Å². The summed E-state index contributed by atoms with van der Waals surface area (Å²) in [6.07, 6.45) is 2.64. The molecule has 1 aliphatic carbocycles. The van der Waals surface area contributed by atoms with E-state index < -0.39 is 11.4 Å². The number of pyridine rings is 1. The van der Waals surface area contributed by atoms with Crippen LogP contribution in [0, 0.1) is 18.7 Å². The van der Waals surface area contributed by atoms with Gasteiger partial charge in [-0.3, -0.25) is 14.4 Å². The molecule has 2 amide bonds. The van der Waals surface area contributed by atoms with Crippen molar-refractivity contribution in [1.82, 2.24) is 14.8 Å². The number of nitrogens with zero attached hydrogens (tertiary/aromatic N) is 2. The third-order valence-electron chi connectivity index (χ3n) is 5.71. The van der Waals surface area contributed by atoms with Crippen LogP contribution in [0.2, 0.25) is 0 Å². The summed E-state index contributed by atoms with van der Waals surface area (Å²) in [4.78, 5) is 43.2. The number of aromatic amines is 1. The molecule has 1 aromatic heterocycles. The van der Waals surface area contributed by atoms with Crippen molar-refractivity contribution in [3.63, 3.8) is 0 Å². The standard InChI is InChI=1S/C21H24FN3O3/c1-13-2-6-17(22)19-16(13)12-15(23-20(19)27)5-7-18(26)24-8-10-25(11-9-24)21(28)14-3-4-14/h2,6,12,14H,3-5,7-11H2,1H3,(H,23,27). The zero-order valence-corrected chi connectivity index (χ0v) is 16.0. The lowest BCUT2D eigenvalue weighted by Gasteiger charge is -2.35. The Morgan fingerprint density at radius 3 is 2.50 bits per heavy atom. The van der Waals surface area contributed by atoms with E-state index in [-0.39, 0.29) is 29.5 Å². The third-order valence-corrected chi connectivity index (χ3v) is 5.71. The van der Waals surface area contributed by atoms with Gasteiger partial charge in [0.15, 0.2) is 0 Å². The fourth-order valence-corrected chi connectivity index (χ4v) is 3.83. The van der Waals surface area contributed by atoms with E-state index in [1.165, 1.54) is 6.07 Å². The van der Waals surface area contributed by atoms with Crippen LogP contribution >= 0.6 is 0 Å². The normalized spacial score (nSPS) is 17.2. The lowest BCUT2D eigenvalue weighted by atomic mass is 10.0. The topological polar surface area (TPSA) is 73.5 Å². The number of hydrogen-bond acceptors (Lipinski definition) is 3. The molecule has 0 bridgehead atoms. The van der Waals surface area contributed by atoms with Crippen molar-refractivity contribution < 1.29 is 14.0 Å². The van der Waals surface area contributed by atoms with E-state index in [0.29, 0.717) is 43.7 Å². The first-order valence-electron chi connectivity index (χ1n) is 9.81. The molecule has 0 atom stereocenters. The van der Waals surface area contributed by atoms with Gasteiger partial charge in [0.25, 0.3) is 5.56 Å². The molecule has 1 saturated carbocycles. The molecule has 2 fully saturated rings. The zero-order chi connectivity index (χ0) is 19.8. The summed E-state index contributed by atoms with van der Waals surface area (Å²) in [7, 11) is 0. The number of aromatic nitrogens is 1. The van der Waals surface area contributed by atoms with Gasteiger partial charge in [-0.1, -0.05) is 6.07 Å². The maximum Gasteiger partial charge on any atom is 0.259 e. The molecule has 2 heterocycles. The predicted molar refractivity (Wildman–Crippen MR) is 103 cm³/mol. The molecule has 2 aromatic rings. The molecule has 1 saturated heterocycles. The number of fused-ring (bicyclic) bond motifs is 1. The molecule has 0 radical (unpaired) electrons. The number of amides is 2. The molecule has 1 N–H and O–H groups in total. The van der Waals surface area contributed by atoms with Crippen molar-refractivity contribution in [2.24, 2.45) is 5.92 Å². The van der Waals surface area contributed by atoms with E-state index in [4.69, 9.17) is 0 Å². The van der Waals surface area contributed by atoms with Crippen LogP contribution in [0.5, 0.6) is 0 Å². The van der Waals surface area contributed by atoms with Gasteiger partial charge < -0.3 is 14.8 Å². The molecule has 1 aliphatic heterocycles. The predicted octanol–water partition coefficient (Wildman–Crippen LogP) is 1.99. The summed E-state index contributed by atoms with van der Waals surface area (Å²) in [5.41, 5.74) is 0.988. The van der Waals surface area contributed by atoms with Gasteiger partial charge in [-0.15, -0.1) is 0 Å². The summed E-state index contributed by atoms with van der Waals surface area (Å²) in [5.74, 6) is -0.0952. The largest absolute Gasteiger partial charge is 0.339 e. The van der Waals surface area contributed by atoms with Gasteiger partial charge in [-0.2, -0.15) is 0 Å². The van der Waals surface area contributed by atoms with Crippen molar-refractivity contribution in [3.05, 3.63) is 45.6 Å².